The number of halogens is 6. The Morgan fingerprint density at radius 2 is 1.14 bits per heavy atom. The van der Waals surface area contributed by atoms with Gasteiger partial charge in [0.25, 0.3) is 0 Å². The van der Waals surface area contributed by atoms with Crippen LogP contribution in [0.2, 0.25) is 0 Å². The number of ether oxygens (including phenoxy) is 2. The molecule has 192 valence electrons. The Morgan fingerprint density at radius 3 is 1.51 bits per heavy atom. The van der Waals surface area contributed by atoms with Crippen molar-refractivity contribution in [2.24, 2.45) is 10.3 Å². The molecule has 35 heavy (non-hydrogen) atoms. The lowest BCUT2D eigenvalue weighted by molar-refractivity contribution is -0.0605. The van der Waals surface area contributed by atoms with E-state index in [4.69, 9.17) is 9.47 Å². The minimum atomic E-state index is -4.70. The molecular weight excluding hydrogens is 522 g/mol. The van der Waals surface area contributed by atoms with Crippen LogP contribution in [0.1, 0.15) is 18.1 Å². The van der Waals surface area contributed by atoms with Crippen LogP contribution in [-0.4, -0.2) is 49.0 Å². The number of rotatable bonds is 11. The van der Waals surface area contributed by atoms with Crippen molar-refractivity contribution in [2.75, 3.05) is 19.1 Å². The molecule has 0 aliphatic rings. The molecule has 2 rings (SSSR count). The van der Waals surface area contributed by atoms with E-state index in [-0.39, 0.29) is 29.2 Å². The highest BCUT2D eigenvalue weighted by molar-refractivity contribution is 7.94. The average molecular weight is 543 g/mol. The van der Waals surface area contributed by atoms with Crippen molar-refractivity contribution < 1.29 is 44.4 Å². The van der Waals surface area contributed by atoms with Crippen molar-refractivity contribution >= 4 is 35.5 Å². The molecule has 0 radical (unpaired) electrons. The second kappa shape index (κ2) is 12.8. The summed E-state index contributed by atoms with van der Waals surface area (Å²) in [6, 6.07) is 10.1. The third-order valence-electron chi connectivity index (χ3n) is 4.02. The molecule has 0 saturated carbocycles. The standard InChI is InChI=1S/C21H20F6N2O4S2/c1-13(31-17-10-6-15(7-11-17)19(21(25,26)27)29-33-35-3)12-30-16-8-4-14(5-9-16)18(20(22,23)24)28-32-34-2/h4-11,13H,12H2,1-3H3/b28-18-,29-19-. The second-order valence-electron chi connectivity index (χ2n) is 6.65. The third kappa shape index (κ3) is 9.09. The molecule has 2 aromatic carbocycles. The summed E-state index contributed by atoms with van der Waals surface area (Å²) in [6.45, 7) is 1.68. The van der Waals surface area contributed by atoms with E-state index in [2.05, 4.69) is 18.9 Å². The van der Waals surface area contributed by atoms with Crippen molar-refractivity contribution in [1.82, 2.24) is 0 Å². The molecule has 0 aliphatic heterocycles. The van der Waals surface area contributed by atoms with Gasteiger partial charge in [0.2, 0.25) is 0 Å². The van der Waals surface area contributed by atoms with E-state index < -0.39 is 29.9 Å². The van der Waals surface area contributed by atoms with Crippen molar-refractivity contribution in [1.29, 1.82) is 0 Å². The zero-order chi connectivity index (χ0) is 26.1. The summed E-state index contributed by atoms with van der Waals surface area (Å²) in [4.78, 5) is 0. The van der Waals surface area contributed by atoms with Gasteiger partial charge in [-0.1, -0.05) is 10.3 Å². The van der Waals surface area contributed by atoms with E-state index in [0.717, 1.165) is 0 Å². The molecule has 0 saturated heterocycles. The zero-order valence-electron chi connectivity index (χ0n) is 18.5. The van der Waals surface area contributed by atoms with Gasteiger partial charge in [-0.25, -0.2) is 0 Å². The minimum Gasteiger partial charge on any atom is -0.490 e. The zero-order valence-corrected chi connectivity index (χ0v) is 20.1. The van der Waals surface area contributed by atoms with Crippen LogP contribution in [0.25, 0.3) is 0 Å². The van der Waals surface area contributed by atoms with Crippen LogP contribution in [0.3, 0.4) is 0 Å². The van der Waals surface area contributed by atoms with E-state index in [1.165, 1.54) is 61.0 Å². The monoisotopic (exact) mass is 542 g/mol. The van der Waals surface area contributed by atoms with Gasteiger partial charge in [0.05, 0.1) is 24.1 Å². The van der Waals surface area contributed by atoms with Crippen LogP contribution in [0.5, 0.6) is 11.5 Å². The molecule has 0 fully saturated rings. The van der Waals surface area contributed by atoms with Gasteiger partial charge in [0, 0.05) is 23.6 Å². The first kappa shape index (κ1) is 28.5. The maximum atomic E-state index is 13.1. The fourth-order valence-electron chi connectivity index (χ4n) is 2.57. The molecule has 0 N–H and O–H groups in total. The van der Waals surface area contributed by atoms with E-state index in [1.54, 1.807) is 6.92 Å². The van der Waals surface area contributed by atoms with Crippen molar-refractivity contribution in [3.63, 3.8) is 0 Å². The lowest BCUT2D eigenvalue weighted by Gasteiger charge is -2.17. The topological polar surface area (TPSA) is 61.6 Å². The number of alkyl halides is 6. The Balaban J connectivity index is 1.98. The summed E-state index contributed by atoms with van der Waals surface area (Å²) in [5.41, 5.74) is -2.77. The Labute approximate surface area is 206 Å². The highest BCUT2D eigenvalue weighted by Gasteiger charge is 2.38. The predicted molar refractivity (Wildman–Crippen MR) is 123 cm³/mol. The molecular formula is C21H20F6N2O4S2. The first-order valence-electron chi connectivity index (χ1n) is 9.66. The lowest BCUT2D eigenvalue weighted by Crippen LogP contribution is -2.24. The van der Waals surface area contributed by atoms with Crippen LogP contribution in [0, 0.1) is 0 Å². The highest BCUT2D eigenvalue weighted by atomic mass is 32.2. The quantitative estimate of drug-likeness (QED) is 0.137. The minimum absolute atomic E-state index is 0.0216. The molecule has 14 heteroatoms. The fourth-order valence-corrected chi connectivity index (χ4v) is 2.86. The summed E-state index contributed by atoms with van der Waals surface area (Å²) < 4.78 is 98.9. The summed E-state index contributed by atoms with van der Waals surface area (Å²) in [7, 11) is 0. The Hall–Kier alpha value is -2.74. The van der Waals surface area contributed by atoms with E-state index in [9.17, 15) is 26.3 Å². The summed E-state index contributed by atoms with van der Waals surface area (Å²) in [5.74, 6) is 0.569. The average Bonchev–Trinajstić information content (AvgIpc) is 2.78. The molecule has 0 spiro atoms. The molecule has 0 bridgehead atoms. The van der Waals surface area contributed by atoms with Crippen molar-refractivity contribution in [2.45, 2.75) is 25.4 Å². The lowest BCUT2D eigenvalue weighted by atomic mass is 10.1. The fraction of sp³-hybridized carbons (Fsp3) is 0.333. The summed E-state index contributed by atoms with van der Waals surface area (Å²) in [5, 5.41) is 6.19. The third-order valence-corrected chi connectivity index (χ3v) is 4.47. The van der Waals surface area contributed by atoms with E-state index in [1.807, 2.05) is 0 Å². The highest BCUT2D eigenvalue weighted by Crippen LogP contribution is 2.26. The SMILES string of the molecule is CSO/N=C(/c1ccc(OCC(C)Oc2ccc(/C(=N/OSC)C(F)(F)F)cc2)cc1)C(F)(F)F. The number of benzene rings is 2. The van der Waals surface area contributed by atoms with Crippen LogP contribution in [-0.2, 0) is 8.57 Å². The van der Waals surface area contributed by atoms with Crippen LogP contribution >= 0.6 is 24.1 Å². The van der Waals surface area contributed by atoms with Gasteiger partial charge in [-0.3, -0.25) is 0 Å². The predicted octanol–water partition coefficient (Wildman–Crippen LogP) is 6.65. The second-order valence-corrected chi connectivity index (χ2v) is 7.61. The number of nitrogens with zero attached hydrogens (tertiary/aromatic N) is 2. The maximum absolute atomic E-state index is 13.1. The van der Waals surface area contributed by atoms with E-state index >= 15 is 0 Å². The summed E-state index contributed by atoms with van der Waals surface area (Å²) in [6.07, 6.45) is -7.07. The maximum Gasteiger partial charge on any atom is 0.437 e. The van der Waals surface area contributed by atoms with Gasteiger partial charge >= 0.3 is 12.4 Å². The molecule has 0 heterocycles. The molecule has 0 aromatic heterocycles. The Morgan fingerprint density at radius 1 is 0.743 bits per heavy atom. The Bertz CT molecular complexity index is 997. The van der Waals surface area contributed by atoms with Gasteiger partial charge in [-0.2, -0.15) is 26.3 Å². The largest absolute Gasteiger partial charge is 0.490 e. The first-order valence-corrected chi connectivity index (χ1v) is 12.0. The van der Waals surface area contributed by atoms with Gasteiger partial charge in [-0.15, -0.1) is 0 Å². The van der Waals surface area contributed by atoms with Crippen molar-refractivity contribution in [3.05, 3.63) is 59.7 Å². The van der Waals surface area contributed by atoms with Crippen LogP contribution in [0.4, 0.5) is 26.3 Å². The van der Waals surface area contributed by atoms with Gasteiger partial charge in [-0.05, 0) is 55.5 Å². The Kier molecular flexibility index (Phi) is 10.4. The molecule has 1 unspecified atom stereocenters. The van der Waals surface area contributed by atoms with Crippen LogP contribution in [0.15, 0.2) is 58.8 Å². The van der Waals surface area contributed by atoms with Gasteiger partial charge in [0.15, 0.2) is 11.4 Å². The molecule has 0 aliphatic carbocycles. The molecule has 0 amide bonds. The number of hydrogen-bond acceptors (Lipinski definition) is 8. The molecule has 2 aromatic rings. The molecule has 1 atom stereocenters. The van der Waals surface area contributed by atoms with Crippen LogP contribution < -0.4 is 9.47 Å². The smallest absolute Gasteiger partial charge is 0.437 e. The first-order chi connectivity index (χ1) is 16.5. The normalized spacial score (nSPS) is 13.9. The summed E-state index contributed by atoms with van der Waals surface area (Å²) >= 11 is 1.35. The van der Waals surface area contributed by atoms with Crippen molar-refractivity contribution in [3.8, 4) is 11.5 Å². The number of hydrogen-bond donors (Lipinski definition) is 0. The molecule has 6 nitrogen and oxygen atoms in total. The number of oxime groups is 2. The van der Waals surface area contributed by atoms with Gasteiger partial charge in [0.1, 0.15) is 24.2 Å². The van der Waals surface area contributed by atoms with Gasteiger partial charge < -0.3 is 18.0 Å². The van der Waals surface area contributed by atoms with E-state index in [0.29, 0.717) is 24.1 Å².